The molecule has 0 aliphatic carbocycles. The molecule has 0 aliphatic heterocycles. The van der Waals surface area contributed by atoms with Crippen LogP contribution in [0.3, 0.4) is 0 Å². The van der Waals surface area contributed by atoms with Crippen molar-refractivity contribution < 1.29 is 0 Å². The van der Waals surface area contributed by atoms with Crippen molar-refractivity contribution in [3.63, 3.8) is 0 Å². The minimum Gasteiger partial charge on any atom is -0.354 e. The van der Waals surface area contributed by atoms with Crippen LogP contribution < -0.4 is 10.6 Å². The lowest BCUT2D eigenvalue weighted by Crippen LogP contribution is -2.07. The van der Waals surface area contributed by atoms with Gasteiger partial charge < -0.3 is 10.6 Å². The second kappa shape index (κ2) is 7.98. The summed E-state index contributed by atoms with van der Waals surface area (Å²) in [5.41, 5.74) is 1.94. The summed E-state index contributed by atoms with van der Waals surface area (Å²) in [5, 5.41) is 6.60. The molecule has 0 fully saturated rings. The number of unbranched alkanes of at least 4 members (excludes halogenated alkanes) is 2. The van der Waals surface area contributed by atoms with Gasteiger partial charge in [-0.25, -0.2) is 4.98 Å². The topological polar surface area (TPSA) is 49.8 Å². The first-order valence-corrected chi connectivity index (χ1v) is 8.09. The summed E-state index contributed by atoms with van der Waals surface area (Å²) in [6, 6.07) is 9.93. The van der Waals surface area contributed by atoms with Gasteiger partial charge in [-0.15, -0.1) is 0 Å². The molecule has 0 saturated carbocycles. The van der Waals surface area contributed by atoms with Crippen LogP contribution in [0, 0.1) is 6.92 Å². The highest BCUT2D eigenvalue weighted by Gasteiger charge is 2.04. The highest BCUT2D eigenvalue weighted by atomic mass is 79.9. The highest BCUT2D eigenvalue weighted by molar-refractivity contribution is 9.10. The van der Waals surface area contributed by atoms with E-state index in [0.29, 0.717) is 5.95 Å². The fourth-order valence-corrected chi connectivity index (χ4v) is 2.37. The predicted molar refractivity (Wildman–Crippen MR) is 92.2 cm³/mol. The Morgan fingerprint density at radius 1 is 1.14 bits per heavy atom. The Labute approximate surface area is 134 Å². The third-order valence-corrected chi connectivity index (χ3v) is 3.75. The Kier molecular flexibility index (Phi) is 5.99. The summed E-state index contributed by atoms with van der Waals surface area (Å²) < 4.78 is 1.01. The Morgan fingerprint density at radius 2 is 1.95 bits per heavy atom. The van der Waals surface area contributed by atoms with Crippen LogP contribution >= 0.6 is 15.9 Å². The van der Waals surface area contributed by atoms with Gasteiger partial charge in [0.2, 0.25) is 5.95 Å². The summed E-state index contributed by atoms with van der Waals surface area (Å²) >= 11 is 3.53. The molecule has 5 heteroatoms. The summed E-state index contributed by atoms with van der Waals surface area (Å²) in [5.74, 6) is 1.48. The zero-order valence-corrected chi connectivity index (χ0v) is 14.1. The van der Waals surface area contributed by atoms with Gasteiger partial charge in [-0.2, -0.15) is 4.98 Å². The van der Waals surface area contributed by atoms with Gasteiger partial charge in [0.05, 0.1) is 5.69 Å². The molecular formula is C16H21BrN4. The van der Waals surface area contributed by atoms with Crippen LogP contribution in [0.25, 0.3) is 0 Å². The summed E-state index contributed by atoms with van der Waals surface area (Å²) in [6.07, 6.45) is 3.58. The van der Waals surface area contributed by atoms with Crippen LogP contribution in [0.5, 0.6) is 0 Å². The molecule has 1 aromatic heterocycles. The van der Waals surface area contributed by atoms with Crippen molar-refractivity contribution in [2.24, 2.45) is 0 Å². The molecule has 0 aliphatic rings. The van der Waals surface area contributed by atoms with E-state index >= 15 is 0 Å². The molecule has 0 spiro atoms. The standard InChI is InChI=1S/C16H21BrN4/c1-3-4-7-10-18-16-19-12(2)11-15(21-16)20-14-9-6-5-8-13(14)17/h5-6,8-9,11H,3-4,7,10H2,1-2H3,(H2,18,19,20,21). The maximum atomic E-state index is 4.51. The van der Waals surface area contributed by atoms with E-state index in [0.717, 1.165) is 34.6 Å². The number of anilines is 3. The first kappa shape index (κ1) is 15.8. The Morgan fingerprint density at radius 3 is 2.71 bits per heavy atom. The van der Waals surface area contributed by atoms with Gasteiger partial charge in [-0.1, -0.05) is 31.9 Å². The van der Waals surface area contributed by atoms with E-state index in [2.05, 4.69) is 43.5 Å². The van der Waals surface area contributed by atoms with Crippen molar-refractivity contribution in [1.82, 2.24) is 9.97 Å². The fraction of sp³-hybridized carbons (Fsp3) is 0.375. The van der Waals surface area contributed by atoms with Gasteiger partial charge in [0.25, 0.3) is 0 Å². The molecule has 1 heterocycles. The number of hydrogen-bond acceptors (Lipinski definition) is 4. The molecule has 0 atom stereocenters. The fourth-order valence-electron chi connectivity index (χ4n) is 1.99. The Hall–Kier alpha value is -1.62. The smallest absolute Gasteiger partial charge is 0.224 e. The number of nitrogens with zero attached hydrogens (tertiary/aromatic N) is 2. The number of halogens is 1. The normalized spacial score (nSPS) is 10.4. The molecule has 2 aromatic rings. The van der Waals surface area contributed by atoms with E-state index in [1.807, 2.05) is 37.3 Å². The minimum absolute atomic E-state index is 0.681. The number of para-hydroxylation sites is 1. The summed E-state index contributed by atoms with van der Waals surface area (Å²) in [7, 11) is 0. The van der Waals surface area contributed by atoms with Gasteiger partial charge in [-0.3, -0.25) is 0 Å². The first-order valence-electron chi connectivity index (χ1n) is 7.30. The maximum absolute atomic E-state index is 4.51. The van der Waals surface area contributed by atoms with E-state index in [4.69, 9.17) is 0 Å². The second-order valence-corrected chi connectivity index (χ2v) is 5.81. The molecule has 2 N–H and O–H groups in total. The number of benzene rings is 1. The molecule has 112 valence electrons. The molecule has 21 heavy (non-hydrogen) atoms. The molecule has 1 aromatic carbocycles. The molecule has 0 radical (unpaired) electrons. The lowest BCUT2D eigenvalue weighted by molar-refractivity contribution is 0.740. The molecule has 2 rings (SSSR count). The molecule has 4 nitrogen and oxygen atoms in total. The van der Waals surface area contributed by atoms with Crippen LogP contribution in [0.15, 0.2) is 34.8 Å². The zero-order chi connectivity index (χ0) is 15.1. The van der Waals surface area contributed by atoms with E-state index in [1.54, 1.807) is 0 Å². The summed E-state index contributed by atoms with van der Waals surface area (Å²) in [4.78, 5) is 8.94. The largest absolute Gasteiger partial charge is 0.354 e. The van der Waals surface area contributed by atoms with E-state index in [1.165, 1.54) is 12.8 Å². The second-order valence-electron chi connectivity index (χ2n) is 4.96. The third-order valence-electron chi connectivity index (χ3n) is 3.05. The van der Waals surface area contributed by atoms with Crippen molar-refractivity contribution in [2.75, 3.05) is 17.2 Å². The molecule has 0 unspecified atom stereocenters. The van der Waals surface area contributed by atoms with Gasteiger partial charge in [0, 0.05) is 22.8 Å². The van der Waals surface area contributed by atoms with Gasteiger partial charge in [0.15, 0.2) is 0 Å². The number of rotatable bonds is 7. The van der Waals surface area contributed by atoms with Gasteiger partial charge in [-0.05, 0) is 41.4 Å². The molecule has 0 bridgehead atoms. The summed E-state index contributed by atoms with van der Waals surface area (Å²) in [6.45, 7) is 5.08. The van der Waals surface area contributed by atoms with E-state index in [9.17, 15) is 0 Å². The van der Waals surface area contributed by atoms with Crippen LogP contribution in [-0.2, 0) is 0 Å². The van der Waals surface area contributed by atoms with Crippen LogP contribution in [0.1, 0.15) is 31.9 Å². The third kappa shape index (κ3) is 5.01. The molecular weight excluding hydrogens is 328 g/mol. The zero-order valence-electron chi connectivity index (χ0n) is 12.5. The number of nitrogens with one attached hydrogen (secondary N) is 2. The lowest BCUT2D eigenvalue weighted by atomic mass is 10.2. The van der Waals surface area contributed by atoms with Gasteiger partial charge >= 0.3 is 0 Å². The van der Waals surface area contributed by atoms with Crippen molar-refractivity contribution in [3.05, 3.63) is 40.5 Å². The number of aromatic nitrogens is 2. The van der Waals surface area contributed by atoms with Crippen molar-refractivity contribution in [1.29, 1.82) is 0 Å². The molecule has 0 amide bonds. The predicted octanol–water partition coefficient (Wildman–Crippen LogP) is 4.89. The lowest BCUT2D eigenvalue weighted by Gasteiger charge is -2.11. The Balaban J connectivity index is 2.06. The first-order chi connectivity index (χ1) is 10.2. The van der Waals surface area contributed by atoms with E-state index in [-0.39, 0.29) is 0 Å². The monoisotopic (exact) mass is 348 g/mol. The van der Waals surface area contributed by atoms with Gasteiger partial charge in [0.1, 0.15) is 5.82 Å². The van der Waals surface area contributed by atoms with E-state index < -0.39 is 0 Å². The van der Waals surface area contributed by atoms with Crippen molar-refractivity contribution in [3.8, 4) is 0 Å². The highest BCUT2D eigenvalue weighted by Crippen LogP contribution is 2.25. The average molecular weight is 349 g/mol. The van der Waals surface area contributed by atoms with Crippen LogP contribution in [-0.4, -0.2) is 16.5 Å². The van der Waals surface area contributed by atoms with Crippen molar-refractivity contribution >= 4 is 33.4 Å². The average Bonchev–Trinajstić information content (AvgIpc) is 2.46. The number of aryl methyl sites for hydroxylation is 1. The minimum atomic E-state index is 0.681. The maximum Gasteiger partial charge on any atom is 0.224 e. The molecule has 0 saturated heterocycles. The SMILES string of the molecule is CCCCCNc1nc(C)cc(Nc2ccccc2Br)n1. The van der Waals surface area contributed by atoms with Crippen LogP contribution in [0.2, 0.25) is 0 Å². The number of hydrogen-bond donors (Lipinski definition) is 2. The Bertz CT molecular complexity index is 586. The quantitative estimate of drug-likeness (QED) is 0.699. The van der Waals surface area contributed by atoms with Crippen LogP contribution in [0.4, 0.5) is 17.5 Å². The van der Waals surface area contributed by atoms with Crippen molar-refractivity contribution in [2.45, 2.75) is 33.1 Å².